The molecular weight excluding hydrogens is 178 g/mol. The largest absolute Gasteiger partial charge is 0.197 e. The molecule has 1 aliphatic carbocycles. The van der Waals surface area contributed by atoms with Crippen molar-refractivity contribution in [1.82, 2.24) is 0 Å². The molecule has 0 unspecified atom stereocenters. The van der Waals surface area contributed by atoms with Crippen molar-refractivity contribution >= 4 is 11.8 Å². The third-order valence-electron chi connectivity index (χ3n) is 3.00. The van der Waals surface area contributed by atoms with Crippen LogP contribution in [0.2, 0.25) is 0 Å². The lowest BCUT2D eigenvalue weighted by Gasteiger charge is -2.48. The molecule has 1 aliphatic rings. The zero-order valence-corrected chi connectivity index (χ0v) is 9.87. The second-order valence-electron chi connectivity index (χ2n) is 5.01. The smallest absolute Gasteiger partial charge is 0.103 e. The number of nitriles is 1. The lowest BCUT2D eigenvalue weighted by atomic mass is 9.63. The van der Waals surface area contributed by atoms with Crippen molar-refractivity contribution in [2.24, 2.45) is 11.3 Å². The van der Waals surface area contributed by atoms with E-state index in [1.807, 2.05) is 11.8 Å². The number of rotatable bonds is 2. The van der Waals surface area contributed by atoms with E-state index in [0.29, 0.717) is 5.41 Å². The van der Waals surface area contributed by atoms with Gasteiger partial charge in [0, 0.05) is 0 Å². The van der Waals surface area contributed by atoms with Gasteiger partial charge in [0.05, 0.1) is 6.07 Å². The highest BCUT2D eigenvalue weighted by Gasteiger charge is 2.48. The van der Waals surface area contributed by atoms with Crippen LogP contribution in [0.15, 0.2) is 0 Å². The van der Waals surface area contributed by atoms with E-state index in [1.54, 1.807) is 0 Å². The van der Waals surface area contributed by atoms with Gasteiger partial charge in [-0.3, -0.25) is 0 Å². The van der Waals surface area contributed by atoms with Crippen LogP contribution in [-0.4, -0.2) is 10.5 Å². The molecule has 0 aromatic carbocycles. The van der Waals surface area contributed by atoms with Gasteiger partial charge in [0.25, 0.3) is 0 Å². The number of thioether (sulfide) groups is 1. The van der Waals surface area contributed by atoms with Crippen LogP contribution in [0, 0.1) is 22.7 Å². The van der Waals surface area contributed by atoms with Gasteiger partial charge in [-0.25, -0.2) is 0 Å². The molecule has 13 heavy (non-hydrogen) atoms. The third-order valence-corrected chi connectivity index (χ3v) is 4.27. The SMILES string of the molecule is CCSC1(C#N)CC(C(C)(C)C)C1. The Hall–Kier alpha value is -0.160. The summed E-state index contributed by atoms with van der Waals surface area (Å²) < 4.78 is -0.0350. The van der Waals surface area contributed by atoms with Gasteiger partial charge in [0.15, 0.2) is 0 Å². The average Bonchev–Trinajstić information content (AvgIpc) is 1.93. The fraction of sp³-hybridized carbons (Fsp3) is 0.909. The molecular formula is C11H19NS. The van der Waals surface area contributed by atoms with Crippen molar-refractivity contribution in [3.63, 3.8) is 0 Å². The van der Waals surface area contributed by atoms with E-state index in [-0.39, 0.29) is 4.75 Å². The molecule has 0 aliphatic heterocycles. The van der Waals surface area contributed by atoms with Crippen molar-refractivity contribution in [3.8, 4) is 6.07 Å². The lowest BCUT2D eigenvalue weighted by molar-refractivity contribution is 0.122. The van der Waals surface area contributed by atoms with Crippen LogP contribution in [0.3, 0.4) is 0 Å². The summed E-state index contributed by atoms with van der Waals surface area (Å²) in [7, 11) is 0. The summed E-state index contributed by atoms with van der Waals surface area (Å²) in [4.78, 5) is 0. The highest BCUT2D eigenvalue weighted by atomic mass is 32.2. The van der Waals surface area contributed by atoms with E-state index >= 15 is 0 Å². The molecule has 0 aromatic heterocycles. The maximum Gasteiger partial charge on any atom is 0.103 e. The topological polar surface area (TPSA) is 23.8 Å². The zero-order chi connectivity index (χ0) is 10.1. The summed E-state index contributed by atoms with van der Waals surface area (Å²) in [6, 6.07) is 2.48. The predicted molar refractivity (Wildman–Crippen MR) is 58.7 cm³/mol. The van der Waals surface area contributed by atoms with Gasteiger partial charge in [0.1, 0.15) is 4.75 Å². The van der Waals surface area contributed by atoms with Gasteiger partial charge < -0.3 is 0 Å². The molecule has 74 valence electrons. The minimum atomic E-state index is -0.0350. The molecule has 0 bridgehead atoms. The second kappa shape index (κ2) is 3.53. The summed E-state index contributed by atoms with van der Waals surface area (Å²) >= 11 is 1.82. The minimum Gasteiger partial charge on any atom is -0.197 e. The fourth-order valence-corrected chi connectivity index (χ4v) is 3.12. The molecule has 0 spiro atoms. The summed E-state index contributed by atoms with van der Waals surface area (Å²) in [5, 5.41) is 9.08. The molecule has 1 nitrogen and oxygen atoms in total. The first kappa shape index (κ1) is 10.9. The van der Waals surface area contributed by atoms with Gasteiger partial charge >= 0.3 is 0 Å². The van der Waals surface area contributed by atoms with Gasteiger partial charge in [-0.15, -0.1) is 11.8 Å². The molecule has 0 heterocycles. The molecule has 0 N–H and O–H groups in total. The summed E-state index contributed by atoms with van der Waals surface area (Å²) in [6.07, 6.45) is 2.18. The summed E-state index contributed by atoms with van der Waals surface area (Å²) in [6.45, 7) is 8.95. The van der Waals surface area contributed by atoms with E-state index in [4.69, 9.17) is 5.26 Å². The predicted octanol–water partition coefficient (Wildman–Crippen LogP) is 3.46. The van der Waals surface area contributed by atoms with Crippen LogP contribution >= 0.6 is 11.8 Å². The van der Waals surface area contributed by atoms with Crippen LogP contribution < -0.4 is 0 Å². The van der Waals surface area contributed by atoms with Crippen molar-refractivity contribution < 1.29 is 0 Å². The molecule has 1 rings (SSSR count). The maximum absolute atomic E-state index is 9.08. The Balaban J connectivity index is 2.51. The standard InChI is InChI=1S/C11H19NS/c1-5-13-11(8-12)6-9(7-11)10(2,3)4/h9H,5-7H2,1-4H3. The molecule has 0 aromatic rings. The van der Waals surface area contributed by atoms with Gasteiger partial charge in [-0.2, -0.15) is 5.26 Å². The molecule has 0 amide bonds. The molecule has 0 saturated heterocycles. The minimum absolute atomic E-state index is 0.0350. The highest BCUT2D eigenvalue weighted by Crippen LogP contribution is 2.53. The monoisotopic (exact) mass is 197 g/mol. The van der Waals surface area contributed by atoms with Crippen molar-refractivity contribution in [1.29, 1.82) is 5.26 Å². The van der Waals surface area contributed by atoms with Gasteiger partial charge in [0.2, 0.25) is 0 Å². The summed E-state index contributed by atoms with van der Waals surface area (Å²) in [5.74, 6) is 1.80. The quantitative estimate of drug-likeness (QED) is 0.677. The Bertz CT molecular complexity index is 215. The first-order valence-electron chi connectivity index (χ1n) is 4.99. The first-order valence-corrected chi connectivity index (χ1v) is 5.97. The maximum atomic E-state index is 9.08. The van der Waals surface area contributed by atoms with E-state index < -0.39 is 0 Å². The van der Waals surface area contributed by atoms with Crippen LogP contribution in [0.5, 0.6) is 0 Å². The van der Waals surface area contributed by atoms with Gasteiger partial charge in [-0.05, 0) is 29.9 Å². The third kappa shape index (κ3) is 2.20. The van der Waals surface area contributed by atoms with Crippen molar-refractivity contribution in [2.75, 3.05) is 5.75 Å². The van der Waals surface area contributed by atoms with Crippen LogP contribution in [0.25, 0.3) is 0 Å². The number of hydrogen-bond donors (Lipinski definition) is 0. The highest BCUT2D eigenvalue weighted by molar-refractivity contribution is 8.00. The Labute approximate surface area is 85.9 Å². The lowest BCUT2D eigenvalue weighted by Crippen LogP contribution is -2.45. The van der Waals surface area contributed by atoms with E-state index in [1.165, 1.54) is 0 Å². The molecule has 2 heteroatoms. The van der Waals surface area contributed by atoms with E-state index in [0.717, 1.165) is 24.5 Å². The Morgan fingerprint density at radius 1 is 1.46 bits per heavy atom. The zero-order valence-electron chi connectivity index (χ0n) is 9.05. The molecule has 1 saturated carbocycles. The van der Waals surface area contributed by atoms with Crippen molar-refractivity contribution in [2.45, 2.75) is 45.3 Å². The van der Waals surface area contributed by atoms with Crippen LogP contribution in [0.1, 0.15) is 40.5 Å². The average molecular weight is 197 g/mol. The normalized spacial score (nSPS) is 33.6. The van der Waals surface area contributed by atoms with E-state index in [9.17, 15) is 0 Å². The molecule has 1 fully saturated rings. The summed E-state index contributed by atoms with van der Waals surface area (Å²) in [5.41, 5.74) is 0.384. The number of hydrogen-bond acceptors (Lipinski definition) is 2. The van der Waals surface area contributed by atoms with E-state index in [2.05, 4.69) is 33.8 Å². The van der Waals surface area contributed by atoms with Gasteiger partial charge in [-0.1, -0.05) is 27.7 Å². The first-order chi connectivity index (χ1) is 5.93. The Kier molecular flexibility index (Phi) is 2.97. The molecule has 0 radical (unpaired) electrons. The fourth-order valence-electron chi connectivity index (χ4n) is 1.87. The Morgan fingerprint density at radius 2 is 2.00 bits per heavy atom. The van der Waals surface area contributed by atoms with Crippen LogP contribution in [0.4, 0.5) is 0 Å². The van der Waals surface area contributed by atoms with Crippen molar-refractivity contribution in [3.05, 3.63) is 0 Å². The van der Waals surface area contributed by atoms with Crippen LogP contribution in [-0.2, 0) is 0 Å². The Morgan fingerprint density at radius 3 is 2.31 bits per heavy atom. The second-order valence-corrected chi connectivity index (χ2v) is 6.66. The molecule has 0 atom stereocenters. The number of nitrogens with zero attached hydrogens (tertiary/aromatic N) is 1.